The first-order valence-electron chi connectivity index (χ1n) is 15.3. The zero-order valence-electron chi connectivity index (χ0n) is 25.3. The van der Waals surface area contributed by atoms with Gasteiger partial charge in [-0.05, 0) is 75.8 Å². The third kappa shape index (κ3) is 6.12. The van der Waals surface area contributed by atoms with Crippen molar-refractivity contribution in [3.63, 3.8) is 0 Å². The maximum atomic E-state index is 14.1. The van der Waals surface area contributed by atoms with Crippen LogP contribution >= 0.6 is 0 Å². The van der Waals surface area contributed by atoms with E-state index in [-0.39, 0.29) is 53.3 Å². The molecule has 0 saturated heterocycles. The summed E-state index contributed by atoms with van der Waals surface area (Å²) < 4.78 is 18.5. The molecule has 0 aliphatic heterocycles. The maximum absolute atomic E-state index is 14.1. The number of carbonyl (C=O) groups excluding carboxylic acids is 2. The van der Waals surface area contributed by atoms with Gasteiger partial charge in [0, 0.05) is 17.5 Å². The fraction of sp³-hybridized carbons (Fsp3) is 0.588. The van der Waals surface area contributed by atoms with E-state index in [1.54, 1.807) is 0 Å². The van der Waals surface area contributed by atoms with Crippen molar-refractivity contribution in [1.29, 1.82) is 0 Å². The van der Waals surface area contributed by atoms with Crippen LogP contribution in [0.15, 0.2) is 36.4 Å². The van der Waals surface area contributed by atoms with E-state index in [2.05, 4.69) is 0 Å². The van der Waals surface area contributed by atoms with Gasteiger partial charge >= 0.3 is 11.9 Å². The van der Waals surface area contributed by atoms with E-state index in [1.807, 2.05) is 51.1 Å². The van der Waals surface area contributed by atoms with Gasteiger partial charge in [-0.1, -0.05) is 37.3 Å². The number of hydrogen-bond acceptors (Lipinski definition) is 9. The van der Waals surface area contributed by atoms with Crippen molar-refractivity contribution >= 4 is 11.9 Å². The van der Waals surface area contributed by atoms with Crippen LogP contribution in [-0.2, 0) is 43.6 Å². The van der Waals surface area contributed by atoms with Gasteiger partial charge in [-0.2, -0.15) is 0 Å². The topological polar surface area (TPSA) is 143 Å². The van der Waals surface area contributed by atoms with Gasteiger partial charge in [0.2, 0.25) is 0 Å². The highest BCUT2D eigenvalue weighted by molar-refractivity contribution is 5.79. The minimum atomic E-state index is -0.729. The number of carbonyl (C=O) groups is 2. The van der Waals surface area contributed by atoms with Gasteiger partial charge in [0.05, 0.1) is 42.8 Å². The Morgan fingerprint density at radius 1 is 0.977 bits per heavy atom. The Labute approximate surface area is 252 Å². The van der Waals surface area contributed by atoms with E-state index >= 15 is 0 Å². The van der Waals surface area contributed by atoms with Crippen LogP contribution in [0.1, 0.15) is 94.1 Å². The third-order valence-corrected chi connectivity index (χ3v) is 9.99. The summed E-state index contributed by atoms with van der Waals surface area (Å²) in [5, 5.41) is 40.0. The lowest BCUT2D eigenvalue weighted by Crippen LogP contribution is -2.60. The van der Waals surface area contributed by atoms with Gasteiger partial charge in [-0.15, -0.1) is 0 Å². The predicted octanol–water partition coefficient (Wildman–Crippen LogP) is 5.20. The highest BCUT2D eigenvalue weighted by Crippen LogP contribution is 2.63. The molecule has 2 aromatic rings. The van der Waals surface area contributed by atoms with E-state index < -0.39 is 35.7 Å². The molecule has 0 amide bonds. The van der Waals surface area contributed by atoms with Crippen molar-refractivity contribution in [1.82, 2.24) is 0 Å². The third-order valence-electron chi connectivity index (χ3n) is 9.99. The average Bonchev–Trinajstić information content (AvgIpc) is 2.97. The zero-order chi connectivity index (χ0) is 31.0. The summed E-state index contributed by atoms with van der Waals surface area (Å²) in [5.74, 6) is -0.577. The normalized spacial score (nSPS) is 26.7. The van der Waals surface area contributed by atoms with Crippen molar-refractivity contribution in [2.45, 2.75) is 97.2 Å². The molecule has 234 valence electrons. The molecule has 4 aliphatic carbocycles. The molecule has 43 heavy (non-hydrogen) atoms. The quantitative estimate of drug-likeness (QED) is 0.243. The molecule has 3 unspecified atom stereocenters. The number of aliphatic hydroxyl groups excluding tert-OH is 2. The minimum absolute atomic E-state index is 0.00720. The van der Waals surface area contributed by atoms with Crippen LogP contribution in [0.5, 0.6) is 11.5 Å². The van der Waals surface area contributed by atoms with Crippen LogP contribution in [0.2, 0.25) is 0 Å². The number of aliphatic hydroxyl groups is 2. The summed E-state index contributed by atoms with van der Waals surface area (Å²) in [7, 11) is 0. The Morgan fingerprint density at radius 2 is 1.63 bits per heavy atom. The smallest absolute Gasteiger partial charge is 0.312 e. The van der Waals surface area contributed by atoms with E-state index in [9.17, 15) is 30.0 Å². The summed E-state index contributed by atoms with van der Waals surface area (Å²) in [6.07, 6.45) is 4.47. The number of aromatic hydroxyl groups is 2. The average molecular weight is 597 g/mol. The fourth-order valence-corrected chi connectivity index (χ4v) is 7.64. The zero-order valence-corrected chi connectivity index (χ0v) is 25.3. The SMILES string of the molecule is CCC(C)(C)C(=O)OC12CC3CC(C1)CC(C(=O)OC(COCc1cc(CO)c(O)c(CO)c1O)c1ccccc1)(C3)C2. The molecule has 2 aromatic carbocycles. The first kappa shape index (κ1) is 31.3. The highest BCUT2D eigenvalue weighted by Gasteiger charge is 2.63. The Balaban J connectivity index is 1.34. The molecule has 9 nitrogen and oxygen atoms in total. The lowest BCUT2D eigenvalue weighted by Gasteiger charge is -2.60. The van der Waals surface area contributed by atoms with Crippen molar-refractivity contribution in [2.75, 3.05) is 6.61 Å². The Morgan fingerprint density at radius 3 is 2.23 bits per heavy atom. The lowest BCUT2D eigenvalue weighted by molar-refractivity contribution is -0.220. The Bertz CT molecular complexity index is 1320. The summed E-state index contributed by atoms with van der Waals surface area (Å²) in [6, 6.07) is 10.7. The molecule has 4 aliphatic rings. The molecule has 3 atom stereocenters. The van der Waals surface area contributed by atoms with Gasteiger partial charge in [0.25, 0.3) is 0 Å². The molecule has 0 heterocycles. The first-order valence-corrected chi connectivity index (χ1v) is 15.3. The molecule has 6 rings (SSSR count). The maximum Gasteiger partial charge on any atom is 0.312 e. The molecule has 0 radical (unpaired) electrons. The highest BCUT2D eigenvalue weighted by atomic mass is 16.6. The number of benzene rings is 2. The van der Waals surface area contributed by atoms with Crippen molar-refractivity contribution in [3.05, 3.63) is 58.7 Å². The van der Waals surface area contributed by atoms with E-state index in [4.69, 9.17) is 14.2 Å². The number of hydrogen-bond donors (Lipinski definition) is 4. The Hall–Kier alpha value is -3.14. The molecule has 4 bridgehead atoms. The van der Waals surface area contributed by atoms with Gasteiger partial charge in [-0.3, -0.25) is 9.59 Å². The summed E-state index contributed by atoms with van der Waals surface area (Å²) in [6.45, 7) is 4.58. The summed E-state index contributed by atoms with van der Waals surface area (Å²) in [5.41, 5.74) is -0.849. The van der Waals surface area contributed by atoms with Crippen LogP contribution in [0.4, 0.5) is 0 Å². The van der Waals surface area contributed by atoms with E-state index in [0.29, 0.717) is 24.7 Å². The second-order valence-electron chi connectivity index (χ2n) is 13.6. The van der Waals surface area contributed by atoms with Gasteiger partial charge in [-0.25, -0.2) is 0 Å². The second kappa shape index (κ2) is 12.1. The summed E-state index contributed by atoms with van der Waals surface area (Å²) in [4.78, 5) is 27.3. The standard InChI is InChI=1S/C34H44O9/c1-4-32(2,3)30(39)43-34-14-21-10-22(15-34)13-33(12-21,20-34)31(40)42-27(23-8-6-5-7-9-23)19-41-18-25-11-24(16-35)28(37)26(17-36)29(25)38/h5-9,11,21-22,27,35-38H,4,10,12-20H2,1-3H3. The number of rotatable bonds is 12. The molecular weight excluding hydrogens is 552 g/mol. The van der Waals surface area contributed by atoms with Crippen LogP contribution in [0.25, 0.3) is 0 Å². The number of esters is 2. The van der Waals surface area contributed by atoms with E-state index in [0.717, 1.165) is 37.7 Å². The van der Waals surface area contributed by atoms with Gasteiger partial charge in [0.15, 0.2) is 6.10 Å². The first-order chi connectivity index (χ1) is 20.4. The molecule has 9 heteroatoms. The molecule has 4 fully saturated rings. The second-order valence-corrected chi connectivity index (χ2v) is 13.6. The van der Waals surface area contributed by atoms with Crippen LogP contribution < -0.4 is 0 Å². The molecule has 4 N–H and O–H groups in total. The van der Waals surface area contributed by atoms with E-state index in [1.165, 1.54) is 6.07 Å². The number of ether oxygens (including phenoxy) is 3. The largest absolute Gasteiger partial charge is 0.507 e. The van der Waals surface area contributed by atoms with Crippen molar-refractivity contribution in [2.24, 2.45) is 22.7 Å². The van der Waals surface area contributed by atoms with Crippen LogP contribution in [0.3, 0.4) is 0 Å². The number of phenols is 2. The molecule has 0 spiro atoms. The molecular formula is C34H44O9. The van der Waals surface area contributed by atoms with Crippen LogP contribution in [0, 0.1) is 22.7 Å². The Kier molecular flexibility index (Phi) is 8.80. The minimum Gasteiger partial charge on any atom is -0.507 e. The van der Waals surface area contributed by atoms with Gasteiger partial charge in [0.1, 0.15) is 17.1 Å². The fourth-order valence-electron chi connectivity index (χ4n) is 7.64. The summed E-state index contributed by atoms with van der Waals surface area (Å²) >= 11 is 0. The van der Waals surface area contributed by atoms with Gasteiger partial charge < -0.3 is 34.6 Å². The lowest BCUT2D eigenvalue weighted by atomic mass is 9.48. The van der Waals surface area contributed by atoms with Crippen molar-refractivity contribution in [3.8, 4) is 11.5 Å². The molecule has 4 saturated carbocycles. The van der Waals surface area contributed by atoms with Crippen LogP contribution in [-0.4, -0.2) is 44.6 Å². The molecule has 0 aromatic heterocycles. The predicted molar refractivity (Wildman–Crippen MR) is 157 cm³/mol. The monoisotopic (exact) mass is 596 g/mol. The van der Waals surface area contributed by atoms with Crippen molar-refractivity contribution < 1.29 is 44.2 Å².